The number of nitrogens with one attached hydrogen (secondary N) is 2. The van der Waals surface area contributed by atoms with Crippen LogP contribution >= 0.6 is 0 Å². The number of anilines is 2. The molecule has 0 radical (unpaired) electrons. The van der Waals surface area contributed by atoms with Crippen LogP contribution in [0.15, 0.2) is 60.8 Å². The molecule has 2 heterocycles. The number of carbonyl (C=O) groups excluding carboxylic acids is 2. The molecule has 0 fully saturated rings. The number of aromatic nitrogens is 1. The number of hydrogen-bond donors (Lipinski definition) is 2. The first-order valence-electron chi connectivity index (χ1n) is 8.77. The topological polar surface area (TPSA) is 98.8 Å². The van der Waals surface area contributed by atoms with Crippen molar-refractivity contribution in [2.24, 2.45) is 0 Å². The summed E-state index contributed by atoms with van der Waals surface area (Å²) in [6.07, 6.45) is 1.50. The van der Waals surface area contributed by atoms with Crippen LogP contribution in [-0.2, 0) is 4.79 Å². The quantitative estimate of drug-likeness (QED) is 0.691. The van der Waals surface area contributed by atoms with Gasteiger partial charge in [0.1, 0.15) is 5.75 Å². The maximum absolute atomic E-state index is 12.5. The van der Waals surface area contributed by atoms with Crippen LogP contribution in [-0.4, -0.2) is 30.5 Å². The van der Waals surface area contributed by atoms with Crippen LogP contribution in [0.1, 0.15) is 10.4 Å². The third-order valence-electron chi connectivity index (χ3n) is 4.15. The molecule has 1 aliphatic heterocycles. The highest BCUT2D eigenvalue weighted by Crippen LogP contribution is 2.31. The Kier molecular flexibility index (Phi) is 4.98. The number of rotatable bonds is 5. The second-order valence-corrected chi connectivity index (χ2v) is 6.14. The van der Waals surface area contributed by atoms with E-state index in [0.717, 1.165) is 0 Å². The van der Waals surface area contributed by atoms with Crippen molar-refractivity contribution in [1.82, 2.24) is 4.98 Å². The van der Waals surface area contributed by atoms with E-state index in [2.05, 4.69) is 15.6 Å². The van der Waals surface area contributed by atoms with Crippen molar-refractivity contribution in [3.63, 3.8) is 0 Å². The molecule has 0 atom stereocenters. The molecule has 0 aliphatic carbocycles. The van der Waals surface area contributed by atoms with Crippen LogP contribution in [0.4, 0.5) is 11.4 Å². The molecule has 2 amide bonds. The smallest absolute Gasteiger partial charge is 0.262 e. The number of hydrogen-bond acceptors (Lipinski definition) is 6. The third-order valence-corrected chi connectivity index (χ3v) is 4.15. The molecule has 0 spiro atoms. The molecule has 2 aromatic carbocycles. The van der Waals surface area contributed by atoms with Crippen molar-refractivity contribution in [3.8, 4) is 23.1 Å². The zero-order valence-corrected chi connectivity index (χ0v) is 15.5. The first kappa shape index (κ1) is 18.3. The molecule has 0 saturated carbocycles. The van der Waals surface area contributed by atoms with E-state index in [1.54, 1.807) is 49.6 Å². The minimum absolute atomic E-state index is 0.0738. The molecule has 1 aromatic heterocycles. The van der Waals surface area contributed by atoms with Crippen LogP contribution in [0, 0.1) is 0 Å². The Morgan fingerprint density at radius 3 is 2.72 bits per heavy atom. The van der Waals surface area contributed by atoms with Crippen molar-refractivity contribution in [3.05, 3.63) is 66.4 Å². The molecule has 8 nitrogen and oxygen atoms in total. The summed E-state index contributed by atoms with van der Waals surface area (Å²) in [5.74, 6) is 1.41. The first-order valence-corrected chi connectivity index (χ1v) is 8.77. The van der Waals surface area contributed by atoms with Crippen LogP contribution in [0.2, 0.25) is 0 Å². The normalized spacial score (nSPS) is 12.2. The lowest BCUT2D eigenvalue weighted by molar-refractivity contribution is -0.118. The van der Waals surface area contributed by atoms with E-state index in [0.29, 0.717) is 40.1 Å². The Morgan fingerprint density at radius 2 is 1.97 bits per heavy atom. The van der Waals surface area contributed by atoms with Gasteiger partial charge in [-0.1, -0.05) is 12.1 Å². The molecule has 0 saturated heterocycles. The summed E-state index contributed by atoms with van der Waals surface area (Å²) in [4.78, 5) is 28.0. The largest absolute Gasteiger partial charge is 0.493 e. The monoisotopic (exact) mass is 391 g/mol. The average Bonchev–Trinajstić information content (AvgIpc) is 2.75. The highest BCUT2D eigenvalue weighted by Gasteiger charge is 2.18. The first-order chi connectivity index (χ1) is 14.1. The van der Waals surface area contributed by atoms with E-state index in [9.17, 15) is 9.59 Å². The predicted molar refractivity (Wildman–Crippen MR) is 106 cm³/mol. The number of fused-ring (bicyclic) bond motifs is 1. The van der Waals surface area contributed by atoms with Gasteiger partial charge in [-0.25, -0.2) is 4.98 Å². The van der Waals surface area contributed by atoms with E-state index in [1.165, 1.54) is 6.20 Å². The molecular weight excluding hydrogens is 374 g/mol. The highest BCUT2D eigenvalue weighted by atomic mass is 16.5. The molecule has 146 valence electrons. The van der Waals surface area contributed by atoms with Gasteiger partial charge in [-0.3, -0.25) is 9.59 Å². The van der Waals surface area contributed by atoms with E-state index >= 15 is 0 Å². The van der Waals surface area contributed by atoms with Crippen LogP contribution in [0.25, 0.3) is 0 Å². The van der Waals surface area contributed by atoms with E-state index in [-0.39, 0.29) is 18.4 Å². The number of methoxy groups -OCH3 is 1. The maximum atomic E-state index is 12.5. The summed E-state index contributed by atoms with van der Waals surface area (Å²) in [5.41, 5.74) is 1.45. The number of nitrogens with zero attached hydrogens (tertiary/aromatic N) is 1. The fourth-order valence-electron chi connectivity index (χ4n) is 2.75. The zero-order chi connectivity index (χ0) is 20.2. The van der Waals surface area contributed by atoms with Gasteiger partial charge in [-0.05, 0) is 36.4 Å². The third kappa shape index (κ3) is 4.11. The van der Waals surface area contributed by atoms with Crippen molar-refractivity contribution >= 4 is 23.2 Å². The van der Waals surface area contributed by atoms with Gasteiger partial charge in [-0.2, -0.15) is 0 Å². The Morgan fingerprint density at radius 1 is 1.14 bits per heavy atom. The second-order valence-electron chi connectivity index (χ2n) is 6.14. The summed E-state index contributed by atoms with van der Waals surface area (Å²) in [6.45, 7) is -0.0738. The number of amides is 2. The lowest BCUT2D eigenvalue weighted by atomic mass is 10.1. The van der Waals surface area contributed by atoms with Crippen molar-refractivity contribution in [1.29, 1.82) is 0 Å². The summed E-state index contributed by atoms with van der Waals surface area (Å²) < 4.78 is 16.3. The van der Waals surface area contributed by atoms with Crippen LogP contribution in [0.3, 0.4) is 0 Å². The highest BCUT2D eigenvalue weighted by molar-refractivity contribution is 6.05. The van der Waals surface area contributed by atoms with E-state index < -0.39 is 0 Å². The SMILES string of the molecule is COc1ccccc1Oc1ccc(NC(=O)c2ccc3c(c2)OCC(=O)N3)cn1. The van der Waals surface area contributed by atoms with Crippen molar-refractivity contribution in [2.45, 2.75) is 0 Å². The Bertz CT molecular complexity index is 1070. The van der Waals surface area contributed by atoms with Gasteiger partial charge >= 0.3 is 0 Å². The van der Waals surface area contributed by atoms with Crippen molar-refractivity contribution in [2.75, 3.05) is 24.4 Å². The molecule has 0 unspecified atom stereocenters. The minimum Gasteiger partial charge on any atom is -0.493 e. The maximum Gasteiger partial charge on any atom is 0.262 e. The van der Waals surface area contributed by atoms with Crippen LogP contribution < -0.4 is 24.8 Å². The number of ether oxygens (including phenoxy) is 3. The second kappa shape index (κ2) is 7.89. The number of benzene rings is 2. The summed E-state index contributed by atoms with van der Waals surface area (Å²) in [7, 11) is 1.56. The molecular formula is C21H17N3O5. The Balaban J connectivity index is 1.43. The average molecular weight is 391 g/mol. The number of carbonyl (C=O) groups is 2. The van der Waals surface area contributed by atoms with Crippen LogP contribution in [0.5, 0.6) is 23.1 Å². The molecule has 29 heavy (non-hydrogen) atoms. The standard InChI is InChI=1S/C21H17N3O5/c1-27-16-4-2-3-5-17(16)29-20-9-7-14(11-22-20)23-21(26)13-6-8-15-18(10-13)28-12-19(25)24-15/h2-11H,12H2,1H3,(H,23,26)(H,24,25). The molecule has 1 aliphatic rings. The molecule has 2 N–H and O–H groups in total. The fraction of sp³-hybridized carbons (Fsp3) is 0.0952. The van der Waals surface area contributed by atoms with Crippen molar-refractivity contribution < 1.29 is 23.8 Å². The van der Waals surface area contributed by atoms with E-state index in [4.69, 9.17) is 14.2 Å². The zero-order valence-electron chi connectivity index (χ0n) is 15.5. The predicted octanol–water partition coefficient (Wildman–Crippen LogP) is 3.47. The summed E-state index contributed by atoms with van der Waals surface area (Å²) >= 11 is 0. The van der Waals surface area contributed by atoms with Gasteiger partial charge < -0.3 is 24.8 Å². The number of para-hydroxylation sites is 2. The van der Waals surface area contributed by atoms with Gasteiger partial charge in [0.25, 0.3) is 11.8 Å². The van der Waals surface area contributed by atoms with Gasteiger partial charge in [-0.15, -0.1) is 0 Å². The molecule has 3 aromatic rings. The van der Waals surface area contributed by atoms with Gasteiger partial charge in [0.15, 0.2) is 18.1 Å². The molecule has 0 bridgehead atoms. The molecule has 8 heteroatoms. The van der Waals surface area contributed by atoms with Gasteiger partial charge in [0, 0.05) is 11.6 Å². The lowest BCUT2D eigenvalue weighted by Crippen LogP contribution is -2.25. The fourth-order valence-corrected chi connectivity index (χ4v) is 2.75. The van der Waals surface area contributed by atoms with E-state index in [1.807, 2.05) is 12.1 Å². The number of pyridine rings is 1. The van der Waals surface area contributed by atoms with Gasteiger partial charge in [0.05, 0.1) is 24.7 Å². The summed E-state index contributed by atoms with van der Waals surface area (Å²) in [6, 6.07) is 15.4. The molecule has 4 rings (SSSR count). The lowest BCUT2D eigenvalue weighted by Gasteiger charge is -2.18. The Labute approximate surface area is 166 Å². The Hall–Kier alpha value is -4.07. The summed E-state index contributed by atoms with van der Waals surface area (Å²) in [5, 5.41) is 5.44. The van der Waals surface area contributed by atoms with Gasteiger partial charge in [0.2, 0.25) is 5.88 Å². The minimum atomic E-state index is -0.325.